The Morgan fingerprint density at radius 1 is 1.28 bits per heavy atom. The first kappa shape index (κ1) is 19.4. The highest BCUT2D eigenvalue weighted by Crippen LogP contribution is 2.28. The molecule has 2 aliphatic rings. The number of aromatic nitrogens is 2. The second-order valence-electron chi connectivity index (χ2n) is 8.04. The van der Waals surface area contributed by atoms with E-state index in [0.29, 0.717) is 12.2 Å². The van der Waals surface area contributed by atoms with Crippen LogP contribution in [0.1, 0.15) is 49.0 Å². The molecule has 2 aromatic rings. The van der Waals surface area contributed by atoms with Crippen LogP contribution in [0.25, 0.3) is 5.52 Å². The van der Waals surface area contributed by atoms with Crippen molar-refractivity contribution in [2.75, 3.05) is 6.54 Å². The zero-order valence-electron chi connectivity index (χ0n) is 16.3. The third-order valence-corrected chi connectivity index (χ3v) is 6.24. The van der Waals surface area contributed by atoms with Gasteiger partial charge in [-0.15, -0.1) is 0 Å². The molecule has 8 heteroatoms. The average molecular weight is 394 g/mol. The van der Waals surface area contributed by atoms with E-state index >= 15 is 0 Å². The molecule has 0 unspecified atom stereocenters. The minimum atomic E-state index is -0.570. The highest BCUT2D eigenvalue weighted by atomic mass is 16.2. The van der Waals surface area contributed by atoms with E-state index < -0.39 is 6.04 Å². The van der Waals surface area contributed by atoms with Crippen LogP contribution in [0.4, 0.5) is 0 Å². The minimum Gasteiger partial charge on any atom is -0.348 e. The van der Waals surface area contributed by atoms with Crippen LogP contribution in [0.2, 0.25) is 0 Å². The van der Waals surface area contributed by atoms with Gasteiger partial charge in [0, 0.05) is 24.3 Å². The van der Waals surface area contributed by atoms with Crippen molar-refractivity contribution in [2.24, 2.45) is 11.7 Å². The molecule has 3 heterocycles. The van der Waals surface area contributed by atoms with Crippen molar-refractivity contribution in [3.8, 4) is 6.07 Å². The van der Waals surface area contributed by atoms with Gasteiger partial charge in [-0.2, -0.15) is 5.26 Å². The molecule has 0 spiro atoms. The summed E-state index contributed by atoms with van der Waals surface area (Å²) in [5.41, 5.74) is 7.60. The summed E-state index contributed by atoms with van der Waals surface area (Å²) in [6, 6.07) is 6.97. The molecule has 1 saturated carbocycles. The van der Waals surface area contributed by atoms with Crippen molar-refractivity contribution < 1.29 is 9.59 Å². The minimum absolute atomic E-state index is 0.0597. The number of nitrogens with zero attached hydrogens (tertiary/aromatic N) is 4. The molecule has 0 aromatic carbocycles. The highest BCUT2D eigenvalue weighted by molar-refractivity contribution is 5.93. The summed E-state index contributed by atoms with van der Waals surface area (Å²) in [5.74, 6) is -0.191. The summed E-state index contributed by atoms with van der Waals surface area (Å²) in [6.45, 7) is 0.620. The molecule has 2 aromatic heterocycles. The number of carbonyl (C=O) groups excluding carboxylic acids is 2. The summed E-state index contributed by atoms with van der Waals surface area (Å²) in [5, 5.41) is 12.3. The first-order valence-corrected chi connectivity index (χ1v) is 10.3. The predicted octanol–water partition coefficient (Wildman–Crippen LogP) is 1.46. The van der Waals surface area contributed by atoms with Crippen LogP contribution >= 0.6 is 0 Å². The van der Waals surface area contributed by atoms with Crippen molar-refractivity contribution in [3.63, 3.8) is 0 Å². The fourth-order valence-corrected chi connectivity index (χ4v) is 4.50. The third kappa shape index (κ3) is 3.96. The molecule has 1 aliphatic heterocycles. The van der Waals surface area contributed by atoms with Gasteiger partial charge in [-0.05, 0) is 62.6 Å². The van der Waals surface area contributed by atoms with E-state index in [0.717, 1.165) is 44.0 Å². The van der Waals surface area contributed by atoms with E-state index in [-0.39, 0.29) is 29.8 Å². The van der Waals surface area contributed by atoms with Crippen LogP contribution in [-0.4, -0.2) is 50.8 Å². The topological polar surface area (TPSA) is 117 Å². The molecule has 1 aliphatic carbocycles. The molecule has 0 bridgehead atoms. The first-order chi connectivity index (χ1) is 14.1. The fraction of sp³-hybridized carbons (Fsp3) is 0.524. The standard InChI is InChI=1S/C21H26N6O2/c22-12-17-4-2-10-27(17)21(29)19(23)14-5-7-15(8-6-14)25-20(28)18-11-16-3-1-9-26(16)13-24-18/h1,3,9,11,13-15,17,19H,2,4-8,10,23H2,(H,25,28)/t14-,15-,17-,19-/m0/s1. The van der Waals surface area contributed by atoms with Gasteiger partial charge in [0.25, 0.3) is 5.91 Å². The number of amides is 2. The Kier molecular flexibility index (Phi) is 5.49. The SMILES string of the molecule is N#C[C@@H]1CCCN1C(=O)[C@@H](N)[C@H]1CC[C@H](NC(=O)c2cc3cccn3cn2)CC1. The molecule has 2 fully saturated rings. The maximum Gasteiger partial charge on any atom is 0.270 e. The van der Waals surface area contributed by atoms with Crippen LogP contribution in [0.3, 0.4) is 0 Å². The van der Waals surface area contributed by atoms with Gasteiger partial charge >= 0.3 is 0 Å². The molecule has 3 N–H and O–H groups in total. The molecular formula is C21H26N6O2. The predicted molar refractivity (Wildman–Crippen MR) is 107 cm³/mol. The van der Waals surface area contributed by atoms with Gasteiger partial charge in [-0.1, -0.05) is 0 Å². The van der Waals surface area contributed by atoms with Gasteiger partial charge in [-0.3, -0.25) is 9.59 Å². The van der Waals surface area contributed by atoms with Gasteiger partial charge in [0.15, 0.2) is 0 Å². The van der Waals surface area contributed by atoms with Crippen LogP contribution in [0.5, 0.6) is 0 Å². The number of fused-ring (bicyclic) bond motifs is 1. The monoisotopic (exact) mass is 394 g/mol. The lowest BCUT2D eigenvalue weighted by atomic mass is 9.81. The number of nitrogens with two attached hydrogens (primary N) is 1. The molecule has 2 atom stereocenters. The molecule has 0 radical (unpaired) electrons. The van der Waals surface area contributed by atoms with Crippen LogP contribution in [0, 0.1) is 17.2 Å². The summed E-state index contributed by atoms with van der Waals surface area (Å²) >= 11 is 0. The molecule has 8 nitrogen and oxygen atoms in total. The quantitative estimate of drug-likeness (QED) is 0.814. The largest absolute Gasteiger partial charge is 0.348 e. The Balaban J connectivity index is 1.30. The molecule has 4 rings (SSSR count). The Labute approximate surface area is 169 Å². The maximum absolute atomic E-state index is 12.7. The van der Waals surface area contributed by atoms with Crippen molar-refractivity contribution >= 4 is 17.3 Å². The van der Waals surface area contributed by atoms with Crippen molar-refractivity contribution in [1.82, 2.24) is 19.6 Å². The van der Waals surface area contributed by atoms with Gasteiger partial charge in [0.1, 0.15) is 11.7 Å². The molecule has 29 heavy (non-hydrogen) atoms. The second kappa shape index (κ2) is 8.21. The van der Waals surface area contributed by atoms with Crippen LogP contribution < -0.4 is 11.1 Å². The number of nitrogens with one attached hydrogen (secondary N) is 1. The van der Waals surface area contributed by atoms with E-state index in [9.17, 15) is 14.9 Å². The Bertz CT molecular complexity index is 940. The molecule has 152 valence electrons. The van der Waals surface area contributed by atoms with Gasteiger partial charge < -0.3 is 20.4 Å². The lowest BCUT2D eigenvalue weighted by Gasteiger charge is -2.34. The maximum atomic E-state index is 12.7. The van der Waals surface area contributed by atoms with E-state index in [1.165, 1.54) is 0 Å². The summed E-state index contributed by atoms with van der Waals surface area (Å²) in [7, 11) is 0. The number of likely N-dealkylation sites (tertiary alicyclic amines) is 1. The second-order valence-corrected chi connectivity index (χ2v) is 8.04. The van der Waals surface area contributed by atoms with Gasteiger partial charge in [0.05, 0.1) is 18.4 Å². The highest BCUT2D eigenvalue weighted by Gasteiger charge is 2.36. The van der Waals surface area contributed by atoms with Crippen molar-refractivity contribution in [3.05, 3.63) is 36.4 Å². The summed E-state index contributed by atoms with van der Waals surface area (Å²) in [4.78, 5) is 31.1. The number of rotatable bonds is 4. The third-order valence-electron chi connectivity index (χ3n) is 6.24. The summed E-state index contributed by atoms with van der Waals surface area (Å²) in [6.07, 6.45) is 8.26. The van der Waals surface area contributed by atoms with Gasteiger partial charge in [-0.25, -0.2) is 4.98 Å². The number of hydrogen-bond acceptors (Lipinski definition) is 5. The number of hydrogen-bond donors (Lipinski definition) is 2. The lowest BCUT2D eigenvalue weighted by molar-refractivity contribution is -0.134. The van der Waals surface area contributed by atoms with Gasteiger partial charge in [0.2, 0.25) is 5.91 Å². The Morgan fingerprint density at radius 2 is 2.07 bits per heavy atom. The number of nitriles is 1. The normalized spacial score (nSPS) is 25.5. The van der Waals surface area contributed by atoms with Crippen LogP contribution in [-0.2, 0) is 4.79 Å². The zero-order chi connectivity index (χ0) is 20.4. The molecule has 1 saturated heterocycles. The Morgan fingerprint density at radius 3 is 2.83 bits per heavy atom. The molecule has 2 amide bonds. The first-order valence-electron chi connectivity index (χ1n) is 10.3. The number of carbonyl (C=O) groups is 2. The van der Waals surface area contributed by atoms with E-state index in [1.807, 2.05) is 22.7 Å². The Hall–Kier alpha value is -2.92. The smallest absolute Gasteiger partial charge is 0.270 e. The average Bonchev–Trinajstić information content (AvgIpc) is 3.41. The van der Waals surface area contributed by atoms with E-state index in [4.69, 9.17) is 5.73 Å². The van der Waals surface area contributed by atoms with Crippen molar-refractivity contribution in [2.45, 2.75) is 56.7 Å². The molecular weight excluding hydrogens is 368 g/mol. The van der Waals surface area contributed by atoms with Crippen molar-refractivity contribution in [1.29, 1.82) is 5.26 Å². The van der Waals surface area contributed by atoms with Crippen LogP contribution in [0.15, 0.2) is 30.7 Å². The zero-order valence-corrected chi connectivity index (χ0v) is 16.3. The van der Waals surface area contributed by atoms with E-state index in [1.54, 1.807) is 17.3 Å². The van der Waals surface area contributed by atoms with E-state index in [2.05, 4.69) is 16.4 Å². The summed E-state index contributed by atoms with van der Waals surface area (Å²) < 4.78 is 1.86. The fourth-order valence-electron chi connectivity index (χ4n) is 4.50. The lowest BCUT2D eigenvalue weighted by Crippen LogP contribution is -2.50.